The van der Waals surface area contributed by atoms with Gasteiger partial charge in [0.05, 0.1) is 6.42 Å². The van der Waals surface area contributed by atoms with Crippen LogP contribution >= 0.6 is 23.2 Å². The van der Waals surface area contributed by atoms with Crippen LogP contribution in [0.1, 0.15) is 30.0 Å². The largest absolute Gasteiger partial charge is 0.357 e. The van der Waals surface area contributed by atoms with E-state index in [9.17, 15) is 9.59 Å². The zero-order chi connectivity index (χ0) is 20.0. The van der Waals surface area contributed by atoms with Gasteiger partial charge in [-0.05, 0) is 36.6 Å². The molecular formula is C21H24Cl2N2O2. The molecule has 1 atom stereocenters. The van der Waals surface area contributed by atoms with Crippen molar-refractivity contribution in [1.29, 1.82) is 0 Å². The van der Waals surface area contributed by atoms with E-state index >= 15 is 0 Å². The third-order valence-electron chi connectivity index (χ3n) is 4.42. The van der Waals surface area contributed by atoms with E-state index in [1.807, 2.05) is 38.1 Å². The van der Waals surface area contributed by atoms with Gasteiger partial charge >= 0.3 is 0 Å². The molecule has 0 saturated carbocycles. The van der Waals surface area contributed by atoms with Gasteiger partial charge < -0.3 is 10.2 Å². The van der Waals surface area contributed by atoms with Gasteiger partial charge in [-0.1, -0.05) is 66.0 Å². The molecule has 0 spiro atoms. The molecular weight excluding hydrogens is 383 g/mol. The lowest BCUT2D eigenvalue weighted by Crippen LogP contribution is -2.48. The third kappa shape index (κ3) is 5.72. The zero-order valence-electron chi connectivity index (χ0n) is 15.8. The topological polar surface area (TPSA) is 49.4 Å². The minimum absolute atomic E-state index is 0.106. The Morgan fingerprint density at radius 3 is 2.48 bits per heavy atom. The lowest BCUT2D eigenvalue weighted by Gasteiger charge is -2.30. The van der Waals surface area contributed by atoms with E-state index in [2.05, 4.69) is 5.32 Å². The van der Waals surface area contributed by atoms with Gasteiger partial charge in [-0.2, -0.15) is 0 Å². The number of hydrogen-bond acceptors (Lipinski definition) is 2. The Hall–Kier alpha value is -2.04. The van der Waals surface area contributed by atoms with Crippen LogP contribution in [-0.2, 0) is 22.6 Å². The highest BCUT2D eigenvalue weighted by Crippen LogP contribution is 2.23. The van der Waals surface area contributed by atoms with Gasteiger partial charge in [-0.3, -0.25) is 9.59 Å². The SMILES string of the molecule is CCC(C(=O)NC)N(Cc1cccc(C)c1)C(=O)Cc1ccc(Cl)cc1Cl. The van der Waals surface area contributed by atoms with Crippen molar-refractivity contribution in [2.24, 2.45) is 0 Å². The first-order chi connectivity index (χ1) is 12.8. The predicted molar refractivity (Wildman–Crippen MR) is 110 cm³/mol. The van der Waals surface area contributed by atoms with Crippen LogP contribution in [0.25, 0.3) is 0 Å². The van der Waals surface area contributed by atoms with Crippen LogP contribution in [0.15, 0.2) is 42.5 Å². The van der Waals surface area contributed by atoms with E-state index in [1.165, 1.54) is 0 Å². The second kappa shape index (κ2) is 9.77. The highest BCUT2D eigenvalue weighted by Gasteiger charge is 2.28. The highest BCUT2D eigenvalue weighted by molar-refractivity contribution is 6.35. The number of halogens is 2. The molecule has 0 radical (unpaired) electrons. The molecule has 1 unspecified atom stereocenters. The predicted octanol–water partition coefficient (Wildman–Crippen LogP) is 4.40. The lowest BCUT2D eigenvalue weighted by molar-refractivity contribution is -0.140. The lowest BCUT2D eigenvalue weighted by atomic mass is 10.1. The van der Waals surface area contributed by atoms with E-state index in [0.717, 1.165) is 11.1 Å². The molecule has 0 bridgehead atoms. The maximum atomic E-state index is 13.1. The molecule has 0 heterocycles. The van der Waals surface area contributed by atoms with Crippen molar-refractivity contribution in [2.45, 2.75) is 39.3 Å². The monoisotopic (exact) mass is 406 g/mol. The summed E-state index contributed by atoms with van der Waals surface area (Å²) in [6, 6.07) is 12.4. The van der Waals surface area contributed by atoms with E-state index < -0.39 is 6.04 Å². The van der Waals surface area contributed by atoms with Gasteiger partial charge in [0.1, 0.15) is 6.04 Å². The molecule has 4 nitrogen and oxygen atoms in total. The molecule has 0 saturated heterocycles. The number of likely N-dealkylation sites (N-methyl/N-ethyl adjacent to an activating group) is 1. The first kappa shape index (κ1) is 21.3. The molecule has 0 aliphatic rings. The van der Waals surface area contributed by atoms with Crippen molar-refractivity contribution in [3.8, 4) is 0 Å². The fourth-order valence-corrected chi connectivity index (χ4v) is 3.50. The van der Waals surface area contributed by atoms with E-state index in [-0.39, 0.29) is 18.2 Å². The molecule has 1 N–H and O–H groups in total. The number of hydrogen-bond donors (Lipinski definition) is 1. The normalized spacial score (nSPS) is 11.7. The first-order valence-electron chi connectivity index (χ1n) is 8.86. The summed E-state index contributed by atoms with van der Waals surface area (Å²) in [6.45, 7) is 4.25. The summed E-state index contributed by atoms with van der Waals surface area (Å²) in [4.78, 5) is 27.1. The fraction of sp³-hybridized carbons (Fsp3) is 0.333. The van der Waals surface area contributed by atoms with Crippen molar-refractivity contribution in [3.05, 3.63) is 69.2 Å². The Morgan fingerprint density at radius 1 is 1.15 bits per heavy atom. The fourth-order valence-electron chi connectivity index (χ4n) is 3.02. The molecule has 2 aromatic rings. The smallest absolute Gasteiger partial charge is 0.242 e. The van der Waals surface area contributed by atoms with Crippen LogP contribution in [0.5, 0.6) is 0 Å². The molecule has 2 rings (SSSR count). The first-order valence-corrected chi connectivity index (χ1v) is 9.61. The number of benzene rings is 2. The van der Waals surface area contributed by atoms with Gasteiger partial charge in [-0.25, -0.2) is 0 Å². The van der Waals surface area contributed by atoms with E-state index in [1.54, 1.807) is 30.1 Å². The molecule has 2 amide bonds. The van der Waals surface area contributed by atoms with Gasteiger partial charge in [0.2, 0.25) is 11.8 Å². The van der Waals surface area contributed by atoms with E-state index in [0.29, 0.717) is 28.6 Å². The number of nitrogens with zero attached hydrogens (tertiary/aromatic N) is 1. The Labute approximate surface area is 170 Å². The number of rotatable bonds is 7. The van der Waals surface area contributed by atoms with Crippen LogP contribution in [0.3, 0.4) is 0 Å². The molecule has 0 aliphatic heterocycles. The van der Waals surface area contributed by atoms with Crippen LogP contribution < -0.4 is 5.32 Å². The average molecular weight is 407 g/mol. The summed E-state index contributed by atoms with van der Waals surface area (Å²) in [7, 11) is 1.58. The number of amides is 2. The minimum Gasteiger partial charge on any atom is -0.357 e. The van der Waals surface area contributed by atoms with Gasteiger partial charge in [0.25, 0.3) is 0 Å². The molecule has 6 heteroatoms. The highest BCUT2D eigenvalue weighted by atomic mass is 35.5. The van der Waals surface area contributed by atoms with Crippen molar-refractivity contribution in [1.82, 2.24) is 10.2 Å². The average Bonchev–Trinajstić information content (AvgIpc) is 2.63. The van der Waals surface area contributed by atoms with Crippen LogP contribution in [0, 0.1) is 6.92 Å². The number of aryl methyl sites for hydroxylation is 1. The summed E-state index contributed by atoms with van der Waals surface area (Å²) in [5.74, 6) is -0.336. The summed E-state index contributed by atoms with van der Waals surface area (Å²) < 4.78 is 0. The van der Waals surface area contributed by atoms with Crippen LogP contribution in [-0.4, -0.2) is 29.8 Å². The van der Waals surface area contributed by atoms with Crippen molar-refractivity contribution in [3.63, 3.8) is 0 Å². The van der Waals surface area contributed by atoms with Gasteiger partial charge in [0.15, 0.2) is 0 Å². The van der Waals surface area contributed by atoms with Crippen molar-refractivity contribution in [2.75, 3.05) is 7.05 Å². The maximum absolute atomic E-state index is 13.1. The second-order valence-corrected chi connectivity index (χ2v) is 7.31. The Kier molecular flexibility index (Phi) is 7.69. The Balaban J connectivity index is 2.31. The van der Waals surface area contributed by atoms with Gasteiger partial charge in [0, 0.05) is 23.6 Å². The molecule has 144 valence electrons. The van der Waals surface area contributed by atoms with E-state index in [4.69, 9.17) is 23.2 Å². The van der Waals surface area contributed by atoms with Gasteiger partial charge in [-0.15, -0.1) is 0 Å². The number of carbonyl (C=O) groups excluding carboxylic acids is 2. The van der Waals surface area contributed by atoms with Crippen molar-refractivity contribution < 1.29 is 9.59 Å². The summed E-state index contributed by atoms with van der Waals surface area (Å²) in [6.07, 6.45) is 0.626. The zero-order valence-corrected chi connectivity index (χ0v) is 17.3. The summed E-state index contributed by atoms with van der Waals surface area (Å²) in [5.41, 5.74) is 2.77. The Bertz CT molecular complexity index is 824. The standard InChI is InChI=1S/C21H24Cl2N2O2/c1-4-19(21(27)24-3)25(13-15-7-5-6-14(2)10-15)20(26)11-16-8-9-17(22)12-18(16)23/h5-10,12,19H,4,11,13H2,1-3H3,(H,24,27). The number of carbonyl (C=O) groups is 2. The molecule has 2 aromatic carbocycles. The van der Waals surface area contributed by atoms with Crippen LogP contribution in [0.4, 0.5) is 0 Å². The maximum Gasteiger partial charge on any atom is 0.242 e. The third-order valence-corrected chi connectivity index (χ3v) is 5.01. The molecule has 27 heavy (non-hydrogen) atoms. The quantitative estimate of drug-likeness (QED) is 0.740. The molecule has 0 aliphatic carbocycles. The number of nitrogens with one attached hydrogen (secondary N) is 1. The molecule has 0 aromatic heterocycles. The van der Waals surface area contributed by atoms with Crippen LogP contribution in [0.2, 0.25) is 10.0 Å². The summed E-state index contributed by atoms with van der Waals surface area (Å²) in [5, 5.41) is 3.62. The molecule has 0 fully saturated rings. The minimum atomic E-state index is -0.547. The Morgan fingerprint density at radius 2 is 1.89 bits per heavy atom. The summed E-state index contributed by atoms with van der Waals surface area (Å²) >= 11 is 12.2. The van der Waals surface area contributed by atoms with Crippen molar-refractivity contribution >= 4 is 35.0 Å². The second-order valence-electron chi connectivity index (χ2n) is 6.46.